The number of benzene rings is 1. The molecule has 0 aliphatic carbocycles. The maximum atomic E-state index is 11.5. The average molecular weight is 408 g/mol. The third-order valence-electron chi connectivity index (χ3n) is 4.41. The Morgan fingerprint density at radius 3 is 2.71 bits per heavy atom. The highest BCUT2D eigenvalue weighted by Crippen LogP contribution is 2.29. The van der Waals surface area contributed by atoms with Gasteiger partial charge in [0.25, 0.3) is 5.01 Å². The Morgan fingerprint density at radius 1 is 1.11 bits per heavy atom. The van der Waals surface area contributed by atoms with Crippen molar-refractivity contribution in [1.82, 2.24) is 4.98 Å². The Balaban J connectivity index is 1.58. The van der Waals surface area contributed by atoms with Crippen LogP contribution >= 0.6 is 22.7 Å². The lowest BCUT2D eigenvalue weighted by Gasteiger charge is -2.00. The van der Waals surface area contributed by atoms with Crippen LogP contribution in [0.3, 0.4) is 0 Å². The molecule has 0 bridgehead atoms. The van der Waals surface area contributed by atoms with E-state index in [2.05, 4.69) is 65.0 Å². The summed E-state index contributed by atoms with van der Waals surface area (Å²) in [5, 5.41) is 1.24. The van der Waals surface area contributed by atoms with E-state index in [1.165, 1.54) is 22.3 Å². The van der Waals surface area contributed by atoms with E-state index in [-0.39, 0.29) is 5.97 Å². The van der Waals surface area contributed by atoms with E-state index < -0.39 is 0 Å². The number of methoxy groups -OCH3 is 1. The normalized spacial score (nSPS) is 11.4. The van der Waals surface area contributed by atoms with Crippen LogP contribution in [0.25, 0.3) is 32.9 Å². The number of thiazole rings is 1. The fraction of sp³-hybridized carbons (Fsp3) is 0.136. The van der Waals surface area contributed by atoms with Gasteiger partial charge in [0.2, 0.25) is 5.52 Å². The first-order valence-corrected chi connectivity index (χ1v) is 10.6. The van der Waals surface area contributed by atoms with Crippen LogP contribution in [0.5, 0.6) is 0 Å². The highest BCUT2D eigenvalue weighted by Gasteiger charge is 2.16. The molecule has 3 heterocycles. The number of aryl methyl sites for hydroxylation is 1. The van der Waals surface area contributed by atoms with Crippen LogP contribution in [0.4, 0.5) is 0 Å². The number of pyridine rings is 1. The Bertz CT molecular complexity index is 1160. The second-order valence-corrected chi connectivity index (χ2v) is 8.29. The molecule has 0 aliphatic heterocycles. The number of esters is 1. The lowest BCUT2D eigenvalue weighted by atomic mass is 10.2. The van der Waals surface area contributed by atoms with Gasteiger partial charge in [-0.25, -0.2) is 4.79 Å². The molecule has 3 aromatic heterocycles. The number of rotatable bonds is 5. The zero-order valence-corrected chi connectivity index (χ0v) is 17.2. The van der Waals surface area contributed by atoms with Crippen molar-refractivity contribution in [1.29, 1.82) is 0 Å². The van der Waals surface area contributed by atoms with Crippen LogP contribution in [-0.4, -0.2) is 18.1 Å². The Labute approximate surface area is 171 Å². The van der Waals surface area contributed by atoms with Gasteiger partial charge in [0.05, 0.1) is 23.2 Å². The number of hydrogen-bond donors (Lipinski definition) is 0. The van der Waals surface area contributed by atoms with Gasteiger partial charge in [-0.1, -0.05) is 23.5 Å². The topological polar surface area (TPSA) is 43.1 Å². The molecule has 0 unspecified atom stereocenters. The molecule has 0 saturated carbocycles. The number of carbonyl (C=O) groups excluding carboxylic acids is 1. The van der Waals surface area contributed by atoms with Crippen molar-refractivity contribution in [3.05, 3.63) is 70.2 Å². The highest BCUT2D eigenvalue weighted by molar-refractivity contribution is 7.19. The number of fused-ring (bicyclic) bond motifs is 1. The first-order chi connectivity index (χ1) is 13.7. The maximum Gasteiger partial charge on any atom is 0.339 e. The lowest BCUT2D eigenvalue weighted by Crippen LogP contribution is -2.33. The molecule has 6 heteroatoms. The Morgan fingerprint density at radius 2 is 1.96 bits per heavy atom. The minimum absolute atomic E-state index is 0.374. The standard InChI is InChI=1S/C22H19N2O2S2/c1-3-24-18-6-4-5-7-20(18)28-21(24)13-10-16-9-12-19(27-16)17-11-8-15(14-23-17)22(25)26-2/h4-14H,3H2,1-2H3/q+1/b13-10+. The molecule has 0 amide bonds. The summed E-state index contributed by atoms with van der Waals surface area (Å²) in [5.74, 6) is -0.374. The molecule has 1 aromatic carbocycles. The highest BCUT2D eigenvalue weighted by atomic mass is 32.1. The van der Waals surface area contributed by atoms with E-state index in [1.54, 1.807) is 34.9 Å². The molecule has 0 spiro atoms. The molecule has 0 radical (unpaired) electrons. The summed E-state index contributed by atoms with van der Waals surface area (Å²) < 4.78 is 8.34. The number of ether oxygens (including phenoxy) is 1. The van der Waals surface area contributed by atoms with E-state index in [0.717, 1.165) is 22.0 Å². The number of para-hydroxylation sites is 1. The van der Waals surface area contributed by atoms with Crippen LogP contribution in [-0.2, 0) is 11.3 Å². The molecule has 4 nitrogen and oxygen atoms in total. The minimum Gasteiger partial charge on any atom is -0.465 e. The molecule has 4 rings (SSSR count). The number of hydrogen-bond acceptors (Lipinski definition) is 5. The summed E-state index contributed by atoms with van der Waals surface area (Å²) >= 11 is 3.48. The third kappa shape index (κ3) is 3.61. The van der Waals surface area contributed by atoms with Gasteiger partial charge in [-0.05, 0) is 43.3 Å². The fourth-order valence-corrected chi connectivity index (χ4v) is 5.03. The van der Waals surface area contributed by atoms with Crippen LogP contribution in [0.15, 0.2) is 54.7 Å². The fourth-order valence-electron chi connectivity index (χ4n) is 3.01. The van der Waals surface area contributed by atoms with Crippen molar-refractivity contribution < 1.29 is 14.1 Å². The average Bonchev–Trinajstić information content (AvgIpc) is 3.35. The number of carbonyl (C=O) groups is 1. The first-order valence-electron chi connectivity index (χ1n) is 8.93. The van der Waals surface area contributed by atoms with E-state index in [0.29, 0.717) is 5.56 Å². The summed E-state index contributed by atoms with van der Waals surface area (Å²) in [7, 11) is 1.37. The summed E-state index contributed by atoms with van der Waals surface area (Å²) in [5.41, 5.74) is 2.58. The quantitative estimate of drug-likeness (QED) is 0.333. The van der Waals surface area contributed by atoms with E-state index >= 15 is 0 Å². The molecular weight excluding hydrogens is 388 g/mol. The molecule has 4 aromatic rings. The van der Waals surface area contributed by atoms with Crippen LogP contribution in [0.1, 0.15) is 27.2 Å². The van der Waals surface area contributed by atoms with Crippen LogP contribution in [0.2, 0.25) is 0 Å². The van der Waals surface area contributed by atoms with Crippen molar-refractivity contribution in [3.63, 3.8) is 0 Å². The SMILES string of the molecule is CC[n+]1c(/C=C/c2ccc(-c3ccc(C(=O)OC)cn3)s2)sc2ccccc21. The number of thiophene rings is 1. The van der Waals surface area contributed by atoms with Gasteiger partial charge < -0.3 is 4.74 Å². The van der Waals surface area contributed by atoms with Crippen molar-refractivity contribution in [2.75, 3.05) is 7.11 Å². The van der Waals surface area contributed by atoms with Gasteiger partial charge in [0.15, 0.2) is 0 Å². The predicted molar refractivity (Wildman–Crippen MR) is 116 cm³/mol. The summed E-state index contributed by atoms with van der Waals surface area (Å²) in [6, 6.07) is 16.2. The molecule has 0 atom stereocenters. The molecule has 0 aliphatic rings. The third-order valence-corrected chi connectivity index (χ3v) is 6.61. The molecule has 0 saturated heterocycles. The minimum atomic E-state index is -0.374. The van der Waals surface area contributed by atoms with Gasteiger partial charge in [0, 0.05) is 23.2 Å². The van der Waals surface area contributed by atoms with Gasteiger partial charge in [0.1, 0.15) is 11.2 Å². The molecule has 140 valence electrons. The molecule has 28 heavy (non-hydrogen) atoms. The number of nitrogens with zero attached hydrogens (tertiary/aromatic N) is 2. The summed E-state index contributed by atoms with van der Waals surface area (Å²) in [6.07, 6.45) is 5.88. The second kappa shape index (κ2) is 8.04. The molecule has 0 fully saturated rings. The summed E-state index contributed by atoms with van der Waals surface area (Å²) in [6.45, 7) is 3.11. The molecule has 0 N–H and O–H groups in total. The predicted octanol–water partition coefficient (Wildman–Crippen LogP) is 5.29. The van der Waals surface area contributed by atoms with Crippen molar-refractivity contribution in [2.45, 2.75) is 13.5 Å². The van der Waals surface area contributed by atoms with Gasteiger partial charge in [-0.2, -0.15) is 4.57 Å². The summed E-state index contributed by atoms with van der Waals surface area (Å²) in [4.78, 5) is 18.1. The largest absolute Gasteiger partial charge is 0.465 e. The van der Waals surface area contributed by atoms with Crippen LogP contribution in [0, 0.1) is 0 Å². The maximum absolute atomic E-state index is 11.5. The zero-order valence-electron chi connectivity index (χ0n) is 15.6. The number of aromatic nitrogens is 2. The smallest absolute Gasteiger partial charge is 0.339 e. The van der Waals surface area contributed by atoms with Gasteiger partial charge >= 0.3 is 5.97 Å². The van der Waals surface area contributed by atoms with Gasteiger partial charge in [-0.15, -0.1) is 11.3 Å². The van der Waals surface area contributed by atoms with Crippen molar-refractivity contribution in [3.8, 4) is 10.6 Å². The van der Waals surface area contributed by atoms with Gasteiger partial charge in [-0.3, -0.25) is 4.98 Å². The Hall–Kier alpha value is -2.83. The van der Waals surface area contributed by atoms with E-state index in [4.69, 9.17) is 4.74 Å². The molecular formula is C22H19N2O2S2+. The zero-order chi connectivity index (χ0) is 19.5. The van der Waals surface area contributed by atoms with Crippen molar-refractivity contribution in [2.24, 2.45) is 0 Å². The van der Waals surface area contributed by atoms with Crippen molar-refractivity contribution >= 4 is 51.0 Å². The van der Waals surface area contributed by atoms with Crippen LogP contribution < -0.4 is 4.57 Å². The monoisotopic (exact) mass is 407 g/mol. The first kappa shape index (κ1) is 18.5. The van der Waals surface area contributed by atoms with E-state index in [9.17, 15) is 4.79 Å². The second-order valence-electron chi connectivity index (χ2n) is 6.11. The lowest BCUT2D eigenvalue weighted by molar-refractivity contribution is -0.665. The van der Waals surface area contributed by atoms with E-state index in [1.807, 2.05) is 6.07 Å². The Kier molecular flexibility index (Phi) is 5.32.